The fourth-order valence-electron chi connectivity index (χ4n) is 4.21. The first-order chi connectivity index (χ1) is 17.5. The summed E-state index contributed by atoms with van der Waals surface area (Å²) >= 11 is 7.43. The van der Waals surface area contributed by atoms with E-state index in [1.54, 1.807) is 0 Å². The van der Waals surface area contributed by atoms with Gasteiger partial charge < -0.3 is 14.6 Å². The molecule has 1 saturated carbocycles. The number of amides is 1. The van der Waals surface area contributed by atoms with Crippen LogP contribution in [0.1, 0.15) is 43.7 Å². The molecule has 4 rings (SSSR count). The van der Waals surface area contributed by atoms with Gasteiger partial charge in [0.2, 0.25) is 0 Å². The van der Waals surface area contributed by atoms with E-state index in [-0.39, 0.29) is 28.9 Å². The molecule has 0 atom stereocenters. The van der Waals surface area contributed by atoms with Crippen molar-refractivity contribution < 1.29 is 23.9 Å². The number of hydrogen-bond acceptors (Lipinski definition) is 7. The summed E-state index contributed by atoms with van der Waals surface area (Å²) in [6.45, 7) is 0. The molecule has 36 heavy (non-hydrogen) atoms. The number of nitrogens with zero attached hydrogens (tertiary/aromatic N) is 3. The standard InChI is InChI=1S/C25H28ClN5O4S/c1-34-20-12-16(13-21(35-2)23(20)33)14-27-28-22(32)15-36-25-30-29-24(17-8-10-18(26)11-9-17)31(25)19-6-4-3-5-7-19/h8-14,19H,3-7,15H2,1-2H3,(H2,27,28,32,33). The summed E-state index contributed by atoms with van der Waals surface area (Å²) in [6.07, 6.45) is 7.16. The number of rotatable bonds is 9. The normalized spacial score (nSPS) is 14.2. The highest BCUT2D eigenvalue weighted by Crippen LogP contribution is 2.34. The number of methoxy groups -OCH3 is 2. The number of thioether (sulfide) groups is 1. The first-order valence-electron chi connectivity index (χ1n) is 11.6. The fourth-order valence-corrected chi connectivity index (χ4v) is 5.15. The predicted molar refractivity (Wildman–Crippen MR) is 137 cm³/mol. The molecule has 0 saturated heterocycles. The van der Waals surface area contributed by atoms with Crippen LogP contribution in [-0.2, 0) is 4.79 Å². The highest BCUT2D eigenvalue weighted by atomic mass is 35.5. The van der Waals surface area contributed by atoms with Crippen LogP contribution in [0.25, 0.3) is 11.4 Å². The Morgan fingerprint density at radius 2 is 1.89 bits per heavy atom. The van der Waals surface area contributed by atoms with Crippen molar-refractivity contribution in [1.29, 1.82) is 0 Å². The largest absolute Gasteiger partial charge is 0.867 e. The molecule has 190 valence electrons. The number of aromatic amines is 1. The molecular formula is C25H28ClN5O4S. The second kappa shape index (κ2) is 12.1. The third kappa shape index (κ3) is 6.11. The Bertz CT molecular complexity index is 1200. The van der Waals surface area contributed by atoms with Crippen molar-refractivity contribution in [2.45, 2.75) is 43.3 Å². The molecule has 1 heterocycles. The minimum atomic E-state index is -0.346. The molecule has 0 spiro atoms. The summed E-state index contributed by atoms with van der Waals surface area (Å²) in [4.78, 5) is 12.5. The van der Waals surface area contributed by atoms with Gasteiger partial charge in [-0.25, -0.2) is 9.99 Å². The molecule has 1 aliphatic rings. The number of H-pyrrole nitrogens is 1. The smallest absolute Gasteiger partial charge is 0.337 e. The van der Waals surface area contributed by atoms with E-state index in [1.165, 1.54) is 63.6 Å². The van der Waals surface area contributed by atoms with Gasteiger partial charge in [-0.15, -0.1) is 5.10 Å². The Kier molecular flexibility index (Phi) is 8.71. The van der Waals surface area contributed by atoms with E-state index in [2.05, 4.69) is 25.3 Å². The lowest BCUT2D eigenvalue weighted by Crippen LogP contribution is -2.43. The number of carbonyl (C=O) groups excluding carboxylic acids is 1. The Balaban J connectivity index is 1.44. The van der Waals surface area contributed by atoms with Crippen LogP contribution in [0.15, 0.2) is 46.7 Å². The first-order valence-corrected chi connectivity index (χ1v) is 13.0. The maximum absolute atomic E-state index is 12.5. The van der Waals surface area contributed by atoms with Crippen molar-refractivity contribution in [2.24, 2.45) is 5.10 Å². The van der Waals surface area contributed by atoms with Gasteiger partial charge in [-0.1, -0.05) is 18.0 Å². The molecule has 0 radical (unpaired) electrons. The van der Waals surface area contributed by atoms with Crippen molar-refractivity contribution in [3.05, 3.63) is 47.0 Å². The van der Waals surface area contributed by atoms with Gasteiger partial charge in [0.15, 0.2) is 0 Å². The van der Waals surface area contributed by atoms with Crippen molar-refractivity contribution in [3.8, 4) is 28.6 Å². The third-order valence-electron chi connectivity index (χ3n) is 5.98. The number of halogens is 1. The summed E-state index contributed by atoms with van der Waals surface area (Å²) in [5, 5.41) is 25.2. The molecule has 9 nitrogen and oxygen atoms in total. The molecular weight excluding hydrogens is 502 g/mol. The second-order valence-corrected chi connectivity index (χ2v) is 9.74. The topological polar surface area (TPSA) is 116 Å². The summed E-state index contributed by atoms with van der Waals surface area (Å²) in [5.41, 5.74) is 4.08. The minimum Gasteiger partial charge on any atom is -0.867 e. The van der Waals surface area contributed by atoms with E-state index in [0.29, 0.717) is 16.6 Å². The van der Waals surface area contributed by atoms with Crippen molar-refractivity contribution >= 4 is 35.5 Å². The summed E-state index contributed by atoms with van der Waals surface area (Å²) < 4.78 is 12.4. The van der Waals surface area contributed by atoms with E-state index >= 15 is 0 Å². The zero-order valence-electron chi connectivity index (χ0n) is 20.1. The summed E-state index contributed by atoms with van der Waals surface area (Å²) in [6, 6.07) is 11.0. The number of ether oxygens (including phenoxy) is 2. The van der Waals surface area contributed by atoms with Crippen LogP contribution in [-0.4, -0.2) is 42.3 Å². The van der Waals surface area contributed by atoms with Gasteiger partial charge in [-0.3, -0.25) is 4.79 Å². The average molecular weight is 530 g/mol. The maximum Gasteiger partial charge on any atom is 0.337 e. The lowest BCUT2D eigenvalue weighted by Gasteiger charge is -2.21. The van der Waals surface area contributed by atoms with E-state index in [9.17, 15) is 9.90 Å². The van der Waals surface area contributed by atoms with Crippen LogP contribution in [0, 0.1) is 0 Å². The molecule has 1 fully saturated rings. The number of hydrazone groups is 1. The monoisotopic (exact) mass is 529 g/mol. The molecule has 2 N–H and O–H groups in total. The zero-order valence-corrected chi connectivity index (χ0v) is 21.7. The second-order valence-electron chi connectivity index (χ2n) is 8.36. The molecule has 0 bridgehead atoms. The van der Waals surface area contributed by atoms with Crippen LogP contribution in [0.3, 0.4) is 0 Å². The van der Waals surface area contributed by atoms with E-state index in [4.69, 9.17) is 21.1 Å². The van der Waals surface area contributed by atoms with Crippen LogP contribution in [0.5, 0.6) is 17.2 Å². The first kappa shape index (κ1) is 25.8. The Morgan fingerprint density at radius 3 is 2.53 bits per heavy atom. The van der Waals surface area contributed by atoms with Gasteiger partial charge in [0.05, 0.1) is 42.9 Å². The Hall–Kier alpha value is -3.24. The molecule has 1 aromatic heterocycles. The molecule has 3 aromatic rings. The third-order valence-corrected chi connectivity index (χ3v) is 7.18. The van der Waals surface area contributed by atoms with E-state index in [1.807, 2.05) is 24.3 Å². The van der Waals surface area contributed by atoms with E-state index in [0.717, 1.165) is 29.4 Å². The van der Waals surface area contributed by atoms with Crippen molar-refractivity contribution in [3.63, 3.8) is 0 Å². The van der Waals surface area contributed by atoms with Gasteiger partial charge >= 0.3 is 5.16 Å². The number of aromatic nitrogens is 3. The molecule has 0 aliphatic heterocycles. The number of carbonyl (C=O) groups is 1. The molecule has 11 heteroatoms. The highest BCUT2D eigenvalue weighted by molar-refractivity contribution is 7.99. The minimum absolute atomic E-state index is 0.139. The van der Waals surface area contributed by atoms with Gasteiger partial charge in [0, 0.05) is 10.6 Å². The average Bonchev–Trinajstić information content (AvgIpc) is 3.33. The van der Waals surface area contributed by atoms with Crippen LogP contribution in [0.4, 0.5) is 0 Å². The molecule has 2 aromatic carbocycles. The lowest BCUT2D eigenvalue weighted by atomic mass is 9.95. The quantitative estimate of drug-likeness (QED) is 0.188. The molecule has 1 amide bonds. The van der Waals surface area contributed by atoms with Crippen LogP contribution >= 0.6 is 23.4 Å². The molecule has 0 unspecified atom stereocenters. The maximum atomic E-state index is 12.5. The van der Waals surface area contributed by atoms with Crippen molar-refractivity contribution in [2.75, 3.05) is 20.0 Å². The summed E-state index contributed by atoms with van der Waals surface area (Å²) in [5.74, 6) is 0.702. The van der Waals surface area contributed by atoms with Gasteiger partial charge in [0.1, 0.15) is 11.5 Å². The molecule has 1 aliphatic carbocycles. The number of hydrogen-bond donors (Lipinski definition) is 2. The van der Waals surface area contributed by atoms with Crippen LogP contribution in [0.2, 0.25) is 5.02 Å². The Morgan fingerprint density at radius 1 is 1.22 bits per heavy atom. The van der Waals surface area contributed by atoms with Gasteiger partial charge in [-0.2, -0.15) is 5.10 Å². The Labute approximate surface area is 218 Å². The summed E-state index contributed by atoms with van der Waals surface area (Å²) in [7, 11) is 2.81. The highest BCUT2D eigenvalue weighted by Gasteiger charge is 2.30. The van der Waals surface area contributed by atoms with Gasteiger partial charge in [0.25, 0.3) is 11.7 Å². The lowest BCUT2D eigenvalue weighted by molar-refractivity contribution is -0.749. The fraction of sp³-hybridized carbons (Fsp3) is 0.360. The van der Waals surface area contributed by atoms with E-state index < -0.39 is 0 Å². The predicted octanol–water partition coefficient (Wildman–Crippen LogP) is 3.86. The zero-order chi connectivity index (χ0) is 25.5. The number of benzene rings is 2. The van der Waals surface area contributed by atoms with Crippen molar-refractivity contribution in [1.82, 2.24) is 15.6 Å². The van der Waals surface area contributed by atoms with Gasteiger partial charge in [-0.05, 0) is 79.6 Å². The SMILES string of the molecule is COc1cc(C=NNC(=O)CSc2n[nH]c(-c3ccc(Cl)cc3)[n+]2C2CCCCC2)cc(OC)c1[O-]. The van der Waals surface area contributed by atoms with Crippen LogP contribution < -0.4 is 24.6 Å². The number of nitrogens with one attached hydrogen (secondary N) is 2.